The number of alkyl halides is 1. The van der Waals surface area contributed by atoms with Gasteiger partial charge in [0, 0.05) is 5.02 Å². The van der Waals surface area contributed by atoms with Crippen LogP contribution in [0.1, 0.15) is 0 Å². The topological polar surface area (TPSA) is 47.8 Å². The first-order valence-corrected chi connectivity index (χ1v) is 4.72. The standard InChI is InChI=1S/C8H5Cl2N3O/c9-4-13-8(14)6-2-1-5(10)3-7(6)11-12-13/h1-3H,4H2. The van der Waals surface area contributed by atoms with Gasteiger partial charge in [0.1, 0.15) is 11.5 Å². The highest BCUT2D eigenvalue weighted by Crippen LogP contribution is 2.13. The molecule has 0 spiro atoms. The van der Waals surface area contributed by atoms with Gasteiger partial charge in [-0.2, -0.15) is 4.68 Å². The lowest BCUT2D eigenvalue weighted by Crippen LogP contribution is -2.22. The minimum Gasteiger partial charge on any atom is -0.267 e. The Labute approximate surface area is 89.1 Å². The van der Waals surface area contributed by atoms with Gasteiger partial charge in [0.25, 0.3) is 5.56 Å². The van der Waals surface area contributed by atoms with Crippen molar-refractivity contribution in [3.8, 4) is 0 Å². The van der Waals surface area contributed by atoms with Crippen molar-refractivity contribution >= 4 is 34.1 Å². The van der Waals surface area contributed by atoms with E-state index >= 15 is 0 Å². The van der Waals surface area contributed by atoms with E-state index in [4.69, 9.17) is 23.2 Å². The van der Waals surface area contributed by atoms with Gasteiger partial charge in [-0.05, 0) is 18.2 Å². The molecule has 0 bridgehead atoms. The van der Waals surface area contributed by atoms with Crippen molar-refractivity contribution in [2.45, 2.75) is 6.00 Å². The van der Waals surface area contributed by atoms with Crippen LogP contribution in [0.5, 0.6) is 0 Å². The fourth-order valence-electron chi connectivity index (χ4n) is 1.13. The van der Waals surface area contributed by atoms with Gasteiger partial charge in [-0.1, -0.05) is 16.8 Å². The van der Waals surface area contributed by atoms with E-state index in [0.717, 1.165) is 4.68 Å². The zero-order valence-corrected chi connectivity index (χ0v) is 8.46. The van der Waals surface area contributed by atoms with Crippen molar-refractivity contribution in [2.24, 2.45) is 0 Å². The molecular weight excluding hydrogens is 225 g/mol. The summed E-state index contributed by atoms with van der Waals surface area (Å²) in [5.41, 5.74) is 0.213. The van der Waals surface area contributed by atoms with Crippen LogP contribution in [-0.4, -0.2) is 15.0 Å². The molecule has 4 nitrogen and oxygen atoms in total. The molecule has 2 aromatic rings. The van der Waals surface area contributed by atoms with Crippen LogP contribution < -0.4 is 5.56 Å². The lowest BCUT2D eigenvalue weighted by atomic mass is 10.2. The average Bonchev–Trinajstić information content (AvgIpc) is 2.18. The number of hydrogen-bond donors (Lipinski definition) is 0. The summed E-state index contributed by atoms with van der Waals surface area (Å²) in [6, 6.07) is 4.82. The second-order valence-corrected chi connectivity index (χ2v) is 3.35. The van der Waals surface area contributed by atoms with Gasteiger partial charge in [0.15, 0.2) is 0 Å². The number of rotatable bonds is 1. The summed E-state index contributed by atoms with van der Waals surface area (Å²) in [5, 5.41) is 8.43. The van der Waals surface area contributed by atoms with E-state index in [1.807, 2.05) is 0 Å². The van der Waals surface area contributed by atoms with E-state index in [0.29, 0.717) is 15.9 Å². The zero-order valence-electron chi connectivity index (χ0n) is 6.94. The predicted molar refractivity (Wildman–Crippen MR) is 54.7 cm³/mol. The third kappa shape index (κ3) is 1.47. The molecule has 0 atom stereocenters. The fraction of sp³-hybridized carbons (Fsp3) is 0.125. The highest BCUT2D eigenvalue weighted by atomic mass is 35.5. The van der Waals surface area contributed by atoms with Crippen molar-refractivity contribution < 1.29 is 0 Å². The average molecular weight is 230 g/mol. The molecule has 2 rings (SSSR count). The van der Waals surface area contributed by atoms with E-state index in [1.54, 1.807) is 18.2 Å². The van der Waals surface area contributed by atoms with Crippen molar-refractivity contribution in [1.29, 1.82) is 0 Å². The highest BCUT2D eigenvalue weighted by molar-refractivity contribution is 6.31. The van der Waals surface area contributed by atoms with Gasteiger partial charge >= 0.3 is 0 Å². The maximum Gasteiger partial charge on any atom is 0.278 e. The molecule has 0 saturated carbocycles. The normalized spacial score (nSPS) is 10.7. The summed E-state index contributed by atoms with van der Waals surface area (Å²) in [6.45, 7) is 0. The van der Waals surface area contributed by atoms with Gasteiger partial charge < -0.3 is 0 Å². The molecule has 1 aromatic heterocycles. The van der Waals surface area contributed by atoms with Gasteiger partial charge in [-0.3, -0.25) is 4.79 Å². The minimum absolute atomic E-state index is 0.00952. The SMILES string of the molecule is O=c1c2ccc(Cl)cc2nnn1CCl. The second-order valence-electron chi connectivity index (χ2n) is 2.68. The molecule has 0 saturated heterocycles. The minimum atomic E-state index is -0.262. The van der Waals surface area contributed by atoms with Crippen LogP contribution in [0.25, 0.3) is 10.9 Å². The molecule has 14 heavy (non-hydrogen) atoms. The summed E-state index contributed by atoms with van der Waals surface area (Å²) in [7, 11) is 0. The van der Waals surface area contributed by atoms with Crippen LogP contribution in [0.15, 0.2) is 23.0 Å². The van der Waals surface area contributed by atoms with Crippen LogP contribution >= 0.6 is 23.2 Å². The van der Waals surface area contributed by atoms with Gasteiger partial charge in [-0.15, -0.1) is 16.7 Å². The fourth-order valence-corrected chi connectivity index (χ4v) is 1.45. The molecule has 0 radical (unpaired) electrons. The number of aromatic nitrogens is 3. The molecule has 0 aliphatic carbocycles. The third-order valence-electron chi connectivity index (χ3n) is 1.80. The van der Waals surface area contributed by atoms with Gasteiger partial charge in [-0.25, -0.2) is 0 Å². The Morgan fingerprint density at radius 1 is 1.43 bits per heavy atom. The smallest absolute Gasteiger partial charge is 0.267 e. The van der Waals surface area contributed by atoms with Crippen LogP contribution in [0.2, 0.25) is 5.02 Å². The number of halogens is 2. The summed E-state index contributed by atoms with van der Waals surface area (Å²) in [4.78, 5) is 11.6. The summed E-state index contributed by atoms with van der Waals surface area (Å²) < 4.78 is 1.08. The number of benzene rings is 1. The van der Waals surface area contributed by atoms with Gasteiger partial charge in [0.05, 0.1) is 5.39 Å². The van der Waals surface area contributed by atoms with E-state index < -0.39 is 0 Å². The number of nitrogens with zero attached hydrogens (tertiary/aromatic N) is 3. The first-order chi connectivity index (χ1) is 6.72. The molecule has 0 N–H and O–H groups in total. The Hall–Kier alpha value is -1.13. The predicted octanol–water partition coefficient (Wildman–Crippen LogP) is 1.64. The lowest BCUT2D eigenvalue weighted by molar-refractivity contribution is 0.640. The molecule has 1 aromatic carbocycles. The highest BCUT2D eigenvalue weighted by Gasteiger charge is 2.04. The largest absolute Gasteiger partial charge is 0.278 e. The second kappa shape index (κ2) is 3.55. The summed E-state index contributed by atoms with van der Waals surface area (Å²) in [5.74, 6) is 0. The van der Waals surface area contributed by atoms with Gasteiger partial charge in [0.2, 0.25) is 0 Å². The third-order valence-corrected chi connectivity index (χ3v) is 2.26. The zero-order chi connectivity index (χ0) is 10.1. The van der Waals surface area contributed by atoms with Crippen molar-refractivity contribution in [3.05, 3.63) is 33.6 Å². The first kappa shape index (κ1) is 9.43. The molecular formula is C8H5Cl2N3O. The molecule has 0 unspecified atom stereocenters. The van der Waals surface area contributed by atoms with E-state index in [1.165, 1.54) is 0 Å². The van der Waals surface area contributed by atoms with Crippen molar-refractivity contribution in [2.75, 3.05) is 0 Å². The van der Waals surface area contributed by atoms with E-state index in [9.17, 15) is 4.79 Å². The molecule has 0 aliphatic heterocycles. The Morgan fingerprint density at radius 3 is 2.93 bits per heavy atom. The van der Waals surface area contributed by atoms with Crippen molar-refractivity contribution in [3.63, 3.8) is 0 Å². The Morgan fingerprint density at radius 2 is 2.21 bits per heavy atom. The first-order valence-electron chi connectivity index (χ1n) is 3.81. The molecule has 1 heterocycles. The van der Waals surface area contributed by atoms with E-state index in [-0.39, 0.29) is 11.6 Å². The summed E-state index contributed by atoms with van der Waals surface area (Å²) in [6.07, 6.45) is 0. The molecule has 0 fully saturated rings. The monoisotopic (exact) mass is 229 g/mol. The molecule has 0 aliphatic rings. The summed E-state index contributed by atoms with van der Waals surface area (Å²) >= 11 is 11.2. The van der Waals surface area contributed by atoms with Crippen molar-refractivity contribution in [1.82, 2.24) is 15.0 Å². The number of hydrogen-bond acceptors (Lipinski definition) is 3. The van der Waals surface area contributed by atoms with Crippen LogP contribution in [-0.2, 0) is 6.00 Å². The molecule has 72 valence electrons. The molecule has 6 heteroatoms. The van der Waals surface area contributed by atoms with Crippen LogP contribution in [0.4, 0.5) is 0 Å². The number of fused-ring (bicyclic) bond motifs is 1. The lowest BCUT2D eigenvalue weighted by Gasteiger charge is -1.99. The molecule has 0 amide bonds. The van der Waals surface area contributed by atoms with E-state index in [2.05, 4.69) is 10.3 Å². The quantitative estimate of drug-likeness (QED) is 0.699. The maximum absolute atomic E-state index is 11.6. The van der Waals surface area contributed by atoms with Crippen LogP contribution in [0.3, 0.4) is 0 Å². The Bertz CT molecular complexity index is 538. The van der Waals surface area contributed by atoms with Crippen LogP contribution in [0, 0.1) is 0 Å². The Kier molecular flexibility index (Phi) is 2.39. The Balaban J connectivity index is 2.84. The maximum atomic E-state index is 11.6.